The van der Waals surface area contributed by atoms with Gasteiger partial charge in [-0.3, -0.25) is 0 Å². The second-order valence-electron chi connectivity index (χ2n) is 7.23. The molecule has 2 aliphatic rings. The number of allylic oxidation sites excluding steroid dienone is 4. The highest BCUT2D eigenvalue weighted by molar-refractivity contribution is 5.44. The van der Waals surface area contributed by atoms with Gasteiger partial charge in [-0.2, -0.15) is 0 Å². The Morgan fingerprint density at radius 3 is 2.24 bits per heavy atom. The molecule has 0 bridgehead atoms. The van der Waals surface area contributed by atoms with Crippen LogP contribution in [0.5, 0.6) is 0 Å². The minimum atomic E-state index is -0.0798. The molecule has 0 heterocycles. The second kappa shape index (κ2) is 3.52. The average Bonchev–Trinajstić information content (AvgIpc) is 2.25. The van der Waals surface area contributed by atoms with Gasteiger partial charge >= 0.3 is 0 Å². The SMILES string of the molecule is C#CC1(C)C=CC2=C(C1)C(C)(C)CCC2(C)C. The van der Waals surface area contributed by atoms with Crippen molar-refractivity contribution in [3.05, 3.63) is 23.3 Å². The third-order valence-electron chi connectivity index (χ3n) is 4.74. The van der Waals surface area contributed by atoms with Crippen LogP contribution < -0.4 is 0 Å². The summed E-state index contributed by atoms with van der Waals surface area (Å²) >= 11 is 0. The van der Waals surface area contributed by atoms with Crippen molar-refractivity contribution in [2.45, 2.75) is 53.9 Å². The smallest absolute Gasteiger partial charge is 0.0503 e. The van der Waals surface area contributed by atoms with Crippen LogP contribution in [0.2, 0.25) is 0 Å². The van der Waals surface area contributed by atoms with Crippen molar-refractivity contribution in [3.8, 4) is 12.3 Å². The van der Waals surface area contributed by atoms with Crippen LogP contribution in [0.25, 0.3) is 0 Å². The highest BCUT2D eigenvalue weighted by Crippen LogP contribution is 2.54. The van der Waals surface area contributed by atoms with E-state index in [-0.39, 0.29) is 5.41 Å². The highest BCUT2D eigenvalue weighted by atomic mass is 14.5. The van der Waals surface area contributed by atoms with Crippen molar-refractivity contribution in [1.29, 1.82) is 0 Å². The Hall–Kier alpha value is -0.960. The summed E-state index contributed by atoms with van der Waals surface area (Å²) in [6.07, 6.45) is 13.8. The Bertz CT molecular complexity index is 437. The highest BCUT2D eigenvalue weighted by Gasteiger charge is 2.41. The molecule has 1 atom stereocenters. The molecule has 92 valence electrons. The van der Waals surface area contributed by atoms with E-state index in [1.165, 1.54) is 12.8 Å². The molecule has 0 spiro atoms. The van der Waals surface area contributed by atoms with E-state index in [0.717, 1.165) is 6.42 Å². The second-order valence-corrected chi connectivity index (χ2v) is 7.23. The zero-order chi connectivity index (χ0) is 12.9. The molecule has 0 saturated heterocycles. The van der Waals surface area contributed by atoms with Gasteiger partial charge in [-0.1, -0.05) is 51.3 Å². The van der Waals surface area contributed by atoms with Crippen molar-refractivity contribution in [2.24, 2.45) is 16.2 Å². The van der Waals surface area contributed by atoms with Gasteiger partial charge in [-0.05, 0) is 42.6 Å². The van der Waals surface area contributed by atoms with Crippen LogP contribution in [0.4, 0.5) is 0 Å². The van der Waals surface area contributed by atoms with Crippen molar-refractivity contribution < 1.29 is 0 Å². The number of hydrogen-bond donors (Lipinski definition) is 0. The predicted octanol–water partition coefficient (Wildman–Crippen LogP) is 4.73. The lowest BCUT2D eigenvalue weighted by atomic mass is 9.58. The maximum Gasteiger partial charge on any atom is 0.0503 e. The topological polar surface area (TPSA) is 0 Å². The van der Waals surface area contributed by atoms with Crippen LogP contribution in [-0.2, 0) is 0 Å². The van der Waals surface area contributed by atoms with Gasteiger partial charge in [-0.15, -0.1) is 6.42 Å². The summed E-state index contributed by atoms with van der Waals surface area (Å²) in [4.78, 5) is 0. The molecular weight excluding hydrogens is 204 g/mol. The standard InChI is InChI=1S/C17H24/c1-7-17(6)9-8-13-14(12-17)16(4,5)11-10-15(13,2)3/h1,8-9H,10-12H2,2-6H3. The lowest BCUT2D eigenvalue weighted by Crippen LogP contribution is -2.34. The van der Waals surface area contributed by atoms with E-state index in [1.54, 1.807) is 11.1 Å². The maximum atomic E-state index is 5.69. The first-order valence-corrected chi connectivity index (χ1v) is 6.61. The van der Waals surface area contributed by atoms with E-state index in [9.17, 15) is 0 Å². The fourth-order valence-corrected chi connectivity index (χ4v) is 3.14. The molecule has 0 aliphatic heterocycles. The fraction of sp³-hybridized carbons (Fsp3) is 0.647. The van der Waals surface area contributed by atoms with Gasteiger partial charge in [0.05, 0.1) is 5.41 Å². The molecule has 0 aromatic carbocycles. The van der Waals surface area contributed by atoms with Gasteiger partial charge in [0.2, 0.25) is 0 Å². The lowest BCUT2D eigenvalue weighted by Gasteiger charge is -2.46. The summed E-state index contributed by atoms with van der Waals surface area (Å²) in [6, 6.07) is 0. The molecule has 2 rings (SSSR count). The molecule has 0 aromatic heterocycles. The van der Waals surface area contributed by atoms with Gasteiger partial charge in [0, 0.05) is 0 Å². The Balaban J connectivity index is 2.52. The first-order valence-electron chi connectivity index (χ1n) is 6.61. The molecular formula is C17H24. The molecule has 0 nitrogen and oxygen atoms in total. The van der Waals surface area contributed by atoms with Crippen molar-refractivity contribution >= 4 is 0 Å². The third-order valence-corrected chi connectivity index (χ3v) is 4.74. The summed E-state index contributed by atoms with van der Waals surface area (Å²) in [5.74, 6) is 2.96. The van der Waals surface area contributed by atoms with E-state index in [0.29, 0.717) is 10.8 Å². The normalized spacial score (nSPS) is 34.1. The average molecular weight is 228 g/mol. The molecule has 0 aromatic rings. The van der Waals surface area contributed by atoms with Crippen LogP contribution in [0.3, 0.4) is 0 Å². The van der Waals surface area contributed by atoms with Crippen LogP contribution >= 0.6 is 0 Å². The van der Waals surface area contributed by atoms with Crippen LogP contribution in [0.15, 0.2) is 23.3 Å². The van der Waals surface area contributed by atoms with Gasteiger partial charge in [0.1, 0.15) is 0 Å². The summed E-state index contributed by atoms with van der Waals surface area (Å²) in [7, 11) is 0. The molecule has 0 saturated carbocycles. The first kappa shape index (κ1) is 12.5. The van der Waals surface area contributed by atoms with Crippen LogP contribution in [-0.4, -0.2) is 0 Å². The lowest BCUT2D eigenvalue weighted by molar-refractivity contribution is 0.247. The zero-order valence-corrected chi connectivity index (χ0v) is 11.9. The van der Waals surface area contributed by atoms with Crippen molar-refractivity contribution in [3.63, 3.8) is 0 Å². The predicted molar refractivity (Wildman–Crippen MR) is 74.5 cm³/mol. The molecule has 0 heteroatoms. The van der Waals surface area contributed by atoms with E-state index >= 15 is 0 Å². The molecule has 0 fully saturated rings. The minimum absolute atomic E-state index is 0.0798. The summed E-state index contributed by atoms with van der Waals surface area (Å²) in [6.45, 7) is 11.6. The van der Waals surface area contributed by atoms with Gasteiger partial charge in [-0.25, -0.2) is 0 Å². The van der Waals surface area contributed by atoms with Gasteiger partial charge in [0.15, 0.2) is 0 Å². The molecule has 17 heavy (non-hydrogen) atoms. The first-order chi connectivity index (χ1) is 7.70. The van der Waals surface area contributed by atoms with E-state index in [1.807, 2.05) is 0 Å². The van der Waals surface area contributed by atoms with Gasteiger partial charge < -0.3 is 0 Å². The molecule has 0 amide bonds. The maximum absolute atomic E-state index is 5.69. The van der Waals surface area contributed by atoms with Gasteiger partial charge in [0.25, 0.3) is 0 Å². The quantitative estimate of drug-likeness (QED) is 0.526. The number of rotatable bonds is 0. The molecule has 2 aliphatic carbocycles. The van der Waals surface area contributed by atoms with Crippen molar-refractivity contribution in [2.75, 3.05) is 0 Å². The Morgan fingerprint density at radius 1 is 1.06 bits per heavy atom. The Morgan fingerprint density at radius 2 is 1.65 bits per heavy atom. The van der Waals surface area contributed by atoms with E-state index < -0.39 is 0 Å². The number of terminal acetylenes is 1. The Labute approximate surface area is 106 Å². The summed E-state index contributed by atoms with van der Waals surface area (Å²) in [5.41, 5.74) is 3.69. The van der Waals surface area contributed by atoms with Crippen LogP contribution in [0.1, 0.15) is 53.9 Å². The largest absolute Gasteiger partial charge is 0.119 e. The molecule has 0 radical (unpaired) electrons. The molecule has 0 N–H and O–H groups in total. The number of hydrogen-bond acceptors (Lipinski definition) is 0. The minimum Gasteiger partial charge on any atom is -0.119 e. The van der Waals surface area contributed by atoms with Crippen LogP contribution in [0, 0.1) is 28.6 Å². The van der Waals surface area contributed by atoms with Crippen molar-refractivity contribution in [1.82, 2.24) is 0 Å². The Kier molecular flexibility index (Phi) is 2.58. The third kappa shape index (κ3) is 1.97. The molecule has 1 unspecified atom stereocenters. The summed E-state index contributed by atoms with van der Waals surface area (Å²) in [5, 5.41) is 0. The van der Waals surface area contributed by atoms with E-state index in [4.69, 9.17) is 6.42 Å². The fourth-order valence-electron chi connectivity index (χ4n) is 3.14. The zero-order valence-electron chi connectivity index (χ0n) is 11.9. The van der Waals surface area contributed by atoms with E-state index in [2.05, 4.69) is 52.7 Å². The monoisotopic (exact) mass is 228 g/mol. The summed E-state index contributed by atoms with van der Waals surface area (Å²) < 4.78 is 0.